The SMILES string of the molecule is C=C(C)CC=C(CCC1CCCCC1)C1=CCC(C)C=C1. The molecule has 0 heterocycles. The van der Waals surface area contributed by atoms with Gasteiger partial charge in [0.25, 0.3) is 0 Å². The van der Waals surface area contributed by atoms with Crippen molar-refractivity contribution < 1.29 is 0 Å². The average molecular weight is 284 g/mol. The van der Waals surface area contributed by atoms with E-state index in [1.807, 2.05) is 0 Å². The van der Waals surface area contributed by atoms with Crippen LogP contribution in [0.25, 0.3) is 0 Å². The van der Waals surface area contributed by atoms with E-state index < -0.39 is 0 Å². The molecule has 0 bridgehead atoms. The predicted molar refractivity (Wildman–Crippen MR) is 94.3 cm³/mol. The first-order valence-corrected chi connectivity index (χ1v) is 8.87. The molecule has 0 nitrogen and oxygen atoms in total. The van der Waals surface area contributed by atoms with Crippen LogP contribution in [0.2, 0.25) is 0 Å². The van der Waals surface area contributed by atoms with E-state index in [0.717, 1.165) is 12.3 Å². The molecular formula is C21H32. The van der Waals surface area contributed by atoms with E-state index in [-0.39, 0.29) is 0 Å². The van der Waals surface area contributed by atoms with Crippen LogP contribution in [-0.2, 0) is 0 Å². The Morgan fingerprint density at radius 3 is 2.67 bits per heavy atom. The molecule has 0 aromatic carbocycles. The summed E-state index contributed by atoms with van der Waals surface area (Å²) in [5.74, 6) is 1.67. The van der Waals surface area contributed by atoms with Gasteiger partial charge in [-0.2, -0.15) is 0 Å². The van der Waals surface area contributed by atoms with Crippen LogP contribution in [0.4, 0.5) is 0 Å². The van der Waals surface area contributed by atoms with Crippen LogP contribution in [0.3, 0.4) is 0 Å². The van der Waals surface area contributed by atoms with Crippen molar-refractivity contribution >= 4 is 0 Å². The largest absolute Gasteiger partial charge is 0.0998 e. The smallest absolute Gasteiger partial charge is 0.0138 e. The fourth-order valence-electron chi connectivity index (χ4n) is 3.46. The second-order valence-corrected chi connectivity index (χ2v) is 7.16. The maximum Gasteiger partial charge on any atom is -0.0138 e. The molecule has 1 unspecified atom stereocenters. The van der Waals surface area contributed by atoms with Crippen LogP contribution < -0.4 is 0 Å². The minimum Gasteiger partial charge on any atom is -0.0998 e. The fraction of sp³-hybridized carbons (Fsp3) is 0.619. The quantitative estimate of drug-likeness (QED) is 0.472. The molecular weight excluding hydrogens is 252 g/mol. The zero-order chi connectivity index (χ0) is 15.1. The molecule has 1 atom stereocenters. The van der Waals surface area contributed by atoms with E-state index in [2.05, 4.69) is 44.7 Å². The lowest BCUT2D eigenvalue weighted by Gasteiger charge is -2.23. The highest BCUT2D eigenvalue weighted by Crippen LogP contribution is 2.31. The fourth-order valence-corrected chi connectivity index (χ4v) is 3.46. The number of allylic oxidation sites excluding steroid dienone is 7. The molecule has 0 spiro atoms. The van der Waals surface area contributed by atoms with Gasteiger partial charge in [0.05, 0.1) is 0 Å². The van der Waals surface area contributed by atoms with Gasteiger partial charge in [0, 0.05) is 0 Å². The molecule has 0 radical (unpaired) electrons. The zero-order valence-corrected chi connectivity index (χ0v) is 14.0. The summed E-state index contributed by atoms with van der Waals surface area (Å²) >= 11 is 0. The van der Waals surface area contributed by atoms with Crippen molar-refractivity contribution in [1.82, 2.24) is 0 Å². The van der Waals surface area contributed by atoms with Gasteiger partial charge in [-0.1, -0.05) is 75.5 Å². The van der Waals surface area contributed by atoms with Crippen molar-refractivity contribution in [3.63, 3.8) is 0 Å². The molecule has 2 aliphatic carbocycles. The summed E-state index contributed by atoms with van der Waals surface area (Å²) in [6, 6.07) is 0. The lowest BCUT2D eigenvalue weighted by atomic mass is 9.83. The van der Waals surface area contributed by atoms with Gasteiger partial charge in [0.1, 0.15) is 0 Å². The molecule has 0 aliphatic heterocycles. The van der Waals surface area contributed by atoms with Crippen LogP contribution >= 0.6 is 0 Å². The number of hydrogen-bond acceptors (Lipinski definition) is 0. The second kappa shape index (κ2) is 8.41. The van der Waals surface area contributed by atoms with E-state index in [1.165, 1.54) is 62.5 Å². The molecule has 0 aromatic heterocycles. The summed E-state index contributed by atoms with van der Waals surface area (Å²) < 4.78 is 0. The molecule has 1 saturated carbocycles. The molecule has 0 saturated heterocycles. The Kier molecular flexibility index (Phi) is 6.54. The summed E-state index contributed by atoms with van der Waals surface area (Å²) in [6.45, 7) is 8.47. The monoisotopic (exact) mass is 284 g/mol. The van der Waals surface area contributed by atoms with Crippen LogP contribution in [0.1, 0.15) is 71.6 Å². The third-order valence-electron chi connectivity index (χ3n) is 4.93. The van der Waals surface area contributed by atoms with E-state index in [9.17, 15) is 0 Å². The Labute approximate surface area is 131 Å². The van der Waals surface area contributed by atoms with Crippen LogP contribution in [0.15, 0.2) is 47.6 Å². The standard InChI is InChI=1S/C21H32/c1-17(2)9-13-20(21-14-10-18(3)11-15-21)16-12-19-7-5-4-6-8-19/h10,13-15,18-19H,1,4-9,11-12,16H2,2-3H3. The summed E-state index contributed by atoms with van der Waals surface area (Å²) in [5.41, 5.74) is 4.30. The van der Waals surface area contributed by atoms with Gasteiger partial charge >= 0.3 is 0 Å². The molecule has 116 valence electrons. The number of rotatable bonds is 6. The van der Waals surface area contributed by atoms with Crippen molar-refractivity contribution in [2.75, 3.05) is 0 Å². The minimum atomic E-state index is 0.703. The van der Waals surface area contributed by atoms with Crippen molar-refractivity contribution in [1.29, 1.82) is 0 Å². The lowest BCUT2D eigenvalue weighted by Crippen LogP contribution is -2.07. The Morgan fingerprint density at radius 2 is 2.05 bits per heavy atom. The van der Waals surface area contributed by atoms with Gasteiger partial charge in [0.15, 0.2) is 0 Å². The van der Waals surface area contributed by atoms with Gasteiger partial charge in [-0.05, 0) is 55.6 Å². The minimum absolute atomic E-state index is 0.703. The van der Waals surface area contributed by atoms with Crippen molar-refractivity contribution in [3.05, 3.63) is 47.6 Å². The molecule has 0 N–H and O–H groups in total. The highest BCUT2D eigenvalue weighted by Gasteiger charge is 2.15. The van der Waals surface area contributed by atoms with E-state index in [4.69, 9.17) is 0 Å². The predicted octanol–water partition coefficient (Wildman–Crippen LogP) is 6.76. The van der Waals surface area contributed by atoms with Crippen LogP contribution in [0, 0.1) is 11.8 Å². The second-order valence-electron chi connectivity index (χ2n) is 7.16. The summed E-state index contributed by atoms with van der Waals surface area (Å²) in [7, 11) is 0. The van der Waals surface area contributed by atoms with Crippen molar-refractivity contribution in [2.45, 2.75) is 71.6 Å². The first kappa shape index (κ1) is 16.3. The maximum absolute atomic E-state index is 4.05. The molecule has 2 aliphatic rings. The summed E-state index contributed by atoms with van der Waals surface area (Å²) in [5, 5.41) is 0. The normalized spacial score (nSPS) is 24.0. The Balaban J connectivity index is 1.96. The Bertz CT molecular complexity index is 427. The first-order valence-electron chi connectivity index (χ1n) is 8.87. The van der Waals surface area contributed by atoms with E-state index in [1.54, 1.807) is 5.57 Å². The molecule has 1 fully saturated rings. The third-order valence-corrected chi connectivity index (χ3v) is 4.93. The topological polar surface area (TPSA) is 0 Å². The van der Waals surface area contributed by atoms with E-state index in [0.29, 0.717) is 5.92 Å². The van der Waals surface area contributed by atoms with Gasteiger partial charge in [-0.3, -0.25) is 0 Å². The lowest BCUT2D eigenvalue weighted by molar-refractivity contribution is 0.339. The van der Waals surface area contributed by atoms with Gasteiger partial charge in [-0.15, -0.1) is 0 Å². The van der Waals surface area contributed by atoms with Crippen LogP contribution in [0.5, 0.6) is 0 Å². The van der Waals surface area contributed by atoms with Gasteiger partial charge in [-0.25, -0.2) is 0 Å². The third kappa shape index (κ3) is 5.69. The first-order chi connectivity index (χ1) is 10.1. The molecule has 2 rings (SSSR count). The van der Waals surface area contributed by atoms with Crippen molar-refractivity contribution in [3.8, 4) is 0 Å². The van der Waals surface area contributed by atoms with Crippen LogP contribution in [-0.4, -0.2) is 0 Å². The Hall–Kier alpha value is -1.04. The Morgan fingerprint density at radius 1 is 1.29 bits per heavy atom. The summed E-state index contributed by atoms with van der Waals surface area (Å²) in [6.07, 6.45) is 21.7. The van der Waals surface area contributed by atoms with Gasteiger partial charge in [0.2, 0.25) is 0 Å². The average Bonchev–Trinajstić information content (AvgIpc) is 2.49. The van der Waals surface area contributed by atoms with E-state index >= 15 is 0 Å². The molecule has 0 heteroatoms. The van der Waals surface area contributed by atoms with Gasteiger partial charge < -0.3 is 0 Å². The summed E-state index contributed by atoms with van der Waals surface area (Å²) in [4.78, 5) is 0. The highest BCUT2D eigenvalue weighted by atomic mass is 14.2. The maximum atomic E-state index is 4.05. The number of hydrogen-bond donors (Lipinski definition) is 0. The molecule has 21 heavy (non-hydrogen) atoms. The highest BCUT2D eigenvalue weighted by molar-refractivity contribution is 5.42. The molecule has 0 aromatic rings. The zero-order valence-electron chi connectivity index (χ0n) is 14.0. The van der Waals surface area contributed by atoms with Crippen molar-refractivity contribution in [2.24, 2.45) is 11.8 Å². The molecule has 0 amide bonds.